The predicted molar refractivity (Wildman–Crippen MR) is 125 cm³/mol. The summed E-state index contributed by atoms with van der Waals surface area (Å²) in [6.07, 6.45) is 3.44. The summed E-state index contributed by atoms with van der Waals surface area (Å²) >= 11 is 7.48. The number of aryl methyl sites for hydroxylation is 1. The Balaban J connectivity index is 1.60. The van der Waals surface area contributed by atoms with Crippen LogP contribution in [0.5, 0.6) is 0 Å². The van der Waals surface area contributed by atoms with Gasteiger partial charge in [0.15, 0.2) is 11.0 Å². The maximum atomic E-state index is 12.6. The van der Waals surface area contributed by atoms with Gasteiger partial charge in [0.2, 0.25) is 5.91 Å². The van der Waals surface area contributed by atoms with Crippen LogP contribution in [0.4, 0.5) is 5.69 Å². The number of halogens is 1. The Bertz CT molecular complexity index is 1230. The summed E-state index contributed by atoms with van der Waals surface area (Å²) in [6.45, 7) is 3.91. The molecule has 0 aliphatic carbocycles. The van der Waals surface area contributed by atoms with E-state index in [0.717, 1.165) is 22.4 Å². The highest BCUT2D eigenvalue weighted by Crippen LogP contribution is 2.29. The van der Waals surface area contributed by atoms with Crippen LogP contribution in [0.1, 0.15) is 11.1 Å². The van der Waals surface area contributed by atoms with Crippen LogP contribution in [0.2, 0.25) is 5.02 Å². The molecule has 2 aromatic heterocycles. The van der Waals surface area contributed by atoms with E-state index in [2.05, 4.69) is 26.6 Å². The van der Waals surface area contributed by atoms with Gasteiger partial charge in [-0.1, -0.05) is 41.6 Å². The van der Waals surface area contributed by atoms with Crippen LogP contribution >= 0.6 is 23.4 Å². The predicted octanol–water partition coefficient (Wildman–Crippen LogP) is 5.33. The highest BCUT2D eigenvalue weighted by molar-refractivity contribution is 7.99. The quantitative estimate of drug-likeness (QED) is 0.403. The topological polar surface area (TPSA) is 72.7 Å². The van der Waals surface area contributed by atoms with E-state index in [4.69, 9.17) is 11.6 Å². The molecular weight excluding hydrogens is 430 g/mol. The number of hydrogen-bond acceptors (Lipinski definition) is 5. The highest BCUT2D eigenvalue weighted by Gasteiger charge is 2.18. The zero-order valence-corrected chi connectivity index (χ0v) is 18.6. The summed E-state index contributed by atoms with van der Waals surface area (Å²) in [7, 11) is 0. The Labute approximate surface area is 189 Å². The minimum Gasteiger partial charge on any atom is -0.325 e. The number of aromatic nitrogens is 4. The van der Waals surface area contributed by atoms with Crippen LogP contribution < -0.4 is 5.32 Å². The largest absolute Gasteiger partial charge is 0.325 e. The molecule has 0 aliphatic rings. The fourth-order valence-corrected chi connectivity index (χ4v) is 4.04. The van der Waals surface area contributed by atoms with Crippen LogP contribution in [0.15, 0.2) is 72.1 Å². The first-order valence-electron chi connectivity index (χ1n) is 9.63. The Morgan fingerprint density at radius 1 is 1.06 bits per heavy atom. The van der Waals surface area contributed by atoms with Crippen LogP contribution in [-0.2, 0) is 4.79 Å². The highest BCUT2D eigenvalue weighted by atomic mass is 35.5. The number of rotatable bonds is 6. The van der Waals surface area contributed by atoms with Crippen molar-refractivity contribution in [2.75, 3.05) is 11.1 Å². The van der Waals surface area contributed by atoms with E-state index >= 15 is 0 Å². The number of nitrogens with one attached hydrogen (secondary N) is 1. The standard InChI is InChI=1S/C23H20ClN5OS/c1-15-5-3-6-18(13-15)29-22(17-9-11-25-12-10-17)27-28-23(29)31-14-21(30)26-20-8-4-7-19(24)16(20)2/h3-13H,14H2,1-2H3,(H,26,30). The first-order valence-corrected chi connectivity index (χ1v) is 11.0. The summed E-state index contributed by atoms with van der Waals surface area (Å²) in [5.41, 5.74) is 4.50. The average Bonchev–Trinajstić information content (AvgIpc) is 3.20. The molecule has 0 unspecified atom stereocenters. The smallest absolute Gasteiger partial charge is 0.234 e. The molecule has 0 bridgehead atoms. The van der Waals surface area contributed by atoms with Gasteiger partial charge in [0.1, 0.15) is 0 Å². The van der Waals surface area contributed by atoms with Crippen molar-refractivity contribution >= 4 is 35.0 Å². The molecule has 1 N–H and O–H groups in total. The molecule has 4 aromatic rings. The molecule has 0 saturated heterocycles. The molecule has 156 valence electrons. The summed E-state index contributed by atoms with van der Waals surface area (Å²) in [6, 6.07) is 17.3. The zero-order chi connectivity index (χ0) is 21.8. The lowest BCUT2D eigenvalue weighted by molar-refractivity contribution is -0.113. The van der Waals surface area contributed by atoms with Crippen molar-refractivity contribution in [1.82, 2.24) is 19.7 Å². The van der Waals surface area contributed by atoms with Crippen molar-refractivity contribution in [3.05, 3.63) is 83.1 Å². The third-order valence-corrected chi connectivity index (χ3v) is 6.04. The molecule has 0 fully saturated rings. The van der Waals surface area contributed by atoms with E-state index in [9.17, 15) is 4.79 Å². The van der Waals surface area contributed by atoms with E-state index in [-0.39, 0.29) is 11.7 Å². The summed E-state index contributed by atoms with van der Waals surface area (Å²) < 4.78 is 1.96. The third kappa shape index (κ3) is 4.78. The molecule has 4 rings (SSSR count). The van der Waals surface area contributed by atoms with Crippen LogP contribution in [0.25, 0.3) is 17.1 Å². The van der Waals surface area contributed by atoms with E-state index in [1.165, 1.54) is 11.8 Å². The molecule has 31 heavy (non-hydrogen) atoms. The molecule has 6 nitrogen and oxygen atoms in total. The van der Waals surface area contributed by atoms with Gasteiger partial charge in [-0.3, -0.25) is 14.3 Å². The summed E-state index contributed by atoms with van der Waals surface area (Å²) in [5.74, 6) is 0.743. The monoisotopic (exact) mass is 449 g/mol. The maximum absolute atomic E-state index is 12.6. The van der Waals surface area contributed by atoms with E-state index < -0.39 is 0 Å². The molecular formula is C23H20ClN5OS. The van der Waals surface area contributed by atoms with Gasteiger partial charge in [0, 0.05) is 34.4 Å². The number of benzene rings is 2. The molecule has 0 saturated carbocycles. The number of anilines is 1. The fourth-order valence-electron chi connectivity index (χ4n) is 3.11. The lowest BCUT2D eigenvalue weighted by Gasteiger charge is -2.12. The van der Waals surface area contributed by atoms with Crippen molar-refractivity contribution in [1.29, 1.82) is 0 Å². The Hall–Kier alpha value is -3.16. The van der Waals surface area contributed by atoms with Crippen LogP contribution in [-0.4, -0.2) is 31.4 Å². The minimum atomic E-state index is -0.139. The number of carbonyl (C=O) groups is 1. The van der Waals surface area contributed by atoms with Gasteiger partial charge in [-0.25, -0.2) is 0 Å². The van der Waals surface area contributed by atoms with E-state index in [1.807, 2.05) is 60.9 Å². The van der Waals surface area contributed by atoms with Crippen LogP contribution in [0, 0.1) is 13.8 Å². The Morgan fingerprint density at radius 2 is 1.84 bits per heavy atom. The van der Waals surface area contributed by atoms with Crippen molar-refractivity contribution < 1.29 is 4.79 Å². The van der Waals surface area contributed by atoms with Crippen molar-refractivity contribution in [2.24, 2.45) is 0 Å². The van der Waals surface area contributed by atoms with Gasteiger partial charge >= 0.3 is 0 Å². The second-order valence-corrected chi connectivity index (χ2v) is 8.32. The maximum Gasteiger partial charge on any atom is 0.234 e. The number of nitrogens with zero attached hydrogens (tertiary/aromatic N) is 4. The molecule has 8 heteroatoms. The number of hydrogen-bond donors (Lipinski definition) is 1. The van der Waals surface area contributed by atoms with Crippen molar-refractivity contribution in [2.45, 2.75) is 19.0 Å². The molecule has 0 radical (unpaired) electrons. The molecule has 2 heterocycles. The SMILES string of the molecule is Cc1cccc(-n2c(SCC(=O)Nc3cccc(Cl)c3C)nnc2-c2ccncc2)c1. The lowest BCUT2D eigenvalue weighted by atomic mass is 10.2. The first kappa shape index (κ1) is 21.1. The number of amides is 1. The lowest BCUT2D eigenvalue weighted by Crippen LogP contribution is -2.15. The molecule has 0 spiro atoms. The van der Waals surface area contributed by atoms with Crippen LogP contribution in [0.3, 0.4) is 0 Å². The number of thioether (sulfide) groups is 1. The van der Waals surface area contributed by atoms with E-state index in [0.29, 0.717) is 21.7 Å². The van der Waals surface area contributed by atoms with Crippen molar-refractivity contribution in [3.63, 3.8) is 0 Å². The van der Waals surface area contributed by atoms with Gasteiger partial charge in [-0.15, -0.1) is 10.2 Å². The average molecular weight is 450 g/mol. The molecule has 2 aromatic carbocycles. The number of carbonyl (C=O) groups excluding carboxylic acids is 1. The summed E-state index contributed by atoms with van der Waals surface area (Å²) in [4.78, 5) is 16.7. The third-order valence-electron chi connectivity index (χ3n) is 4.71. The van der Waals surface area contributed by atoms with E-state index in [1.54, 1.807) is 18.5 Å². The fraction of sp³-hybridized carbons (Fsp3) is 0.130. The van der Waals surface area contributed by atoms with Crippen molar-refractivity contribution in [3.8, 4) is 17.1 Å². The number of pyridine rings is 1. The molecule has 1 amide bonds. The minimum absolute atomic E-state index is 0.139. The van der Waals surface area contributed by atoms with Gasteiger partial charge in [0.25, 0.3) is 0 Å². The van der Waals surface area contributed by atoms with Gasteiger partial charge < -0.3 is 5.32 Å². The normalized spacial score (nSPS) is 10.8. The van der Waals surface area contributed by atoms with Gasteiger partial charge in [-0.05, 0) is 61.4 Å². The summed E-state index contributed by atoms with van der Waals surface area (Å²) in [5, 5.41) is 12.9. The first-order chi connectivity index (χ1) is 15.0. The Kier molecular flexibility index (Phi) is 6.34. The van der Waals surface area contributed by atoms with Gasteiger partial charge in [-0.2, -0.15) is 0 Å². The second kappa shape index (κ2) is 9.32. The Morgan fingerprint density at radius 3 is 2.61 bits per heavy atom. The molecule has 0 atom stereocenters. The molecule has 0 aliphatic heterocycles. The second-order valence-electron chi connectivity index (χ2n) is 6.97. The van der Waals surface area contributed by atoms with Gasteiger partial charge in [0.05, 0.1) is 5.75 Å². The zero-order valence-electron chi connectivity index (χ0n) is 17.0.